The SMILES string of the molecule is COc1nc(-c2cccc(-c3cccc(Nc4nccc(CN5CC(C(=O)O)C5)c4F)c3Cl)c2Cl)ccc1CNC[C@@H]1CCC(=O)N1. The van der Waals surface area contributed by atoms with Crippen LogP contribution >= 0.6 is 23.2 Å². The molecule has 0 bridgehead atoms. The third-order valence-corrected chi connectivity index (χ3v) is 9.22. The van der Waals surface area contributed by atoms with Crippen molar-refractivity contribution in [1.82, 2.24) is 25.5 Å². The number of carboxylic acid groups (broad SMARTS) is 1. The second-order valence-electron chi connectivity index (χ2n) is 11.6. The molecule has 2 fully saturated rings. The number of aromatic nitrogens is 2. The van der Waals surface area contributed by atoms with Crippen molar-refractivity contribution in [3.63, 3.8) is 0 Å². The minimum Gasteiger partial charge on any atom is -0.481 e. The Bertz CT molecular complexity index is 1820. The topological polar surface area (TPSA) is 129 Å². The highest BCUT2D eigenvalue weighted by molar-refractivity contribution is 6.39. The van der Waals surface area contributed by atoms with Gasteiger partial charge in [0.15, 0.2) is 11.6 Å². The van der Waals surface area contributed by atoms with E-state index in [9.17, 15) is 9.59 Å². The molecule has 244 valence electrons. The molecule has 2 aromatic carbocycles. The lowest BCUT2D eigenvalue weighted by molar-refractivity contribution is -0.147. The van der Waals surface area contributed by atoms with Gasteiger partial charge in [-0.3, -0.25) is 14.5 Å². The van der Waals surface area contributed by atoms with E-state index >= 15 is 4.39 Å². The largest absolute Gasteiger partial charge is 0.481 e. The van der Waals surface area contributed by atoms with Crippen molar-refractivity contribution in [3.8, 4) is 28.3 Å². The number of carbonyl (C=O) groups excluding carboxylic acids is 1. The highest BCUT2D eigenvalue weighted by Crippen LogP contribution is 2.42. The molecule has 2 aromatic heterocycles. The number of nitrogens with one attached hydrogen (secondary N) is 3. The normalized spacial score (nSPS) is 16.5. The molecule has 0 saturated carbocycles. The number of carbonyl (C=O) groups is 2. The van der Waals surface area contributed by atoms with Crippen LogP contribution in [0.1, 0.15) is 24.0 Å². The van der Waals surface area contributed by atoms with Crippen molar-refractivity contribution >= 4 is 46.6 Å². The molecule has 0 spiro atoms. The van der Waals surface area contributed by atoms with Gasteiger partial charge in [0.25, 0.3) is 0 Å². The summed E-state index contributed by atoms with van der Waals surface area (Å²) in [6.07, 6.45) is 2.88. The molecule has 2 aliphatic rings. The van der Waals surface area contributed by atoms with Crippen molar-refractivity contribution < 1.29 is 23.8 Å². The van der Waals surface area contributed by atoms with Crippen LogP contribution < -0.4 is 20.7 Å². The van der Waals surface area contributed by atoms with Gasteiger partial charge in [0.05, 0.1) is 34.5 Å². The smallest absolute Gasteiger partial charge is 0.309 e. The molecule has 47 heavy (non-hydrogen) atoms. The van der Waals surface area contributed by atoms with E-state index in [0.717, 1.165) is 12.0 Å². The molecule has 0 aliphatic carbocycles. The number of hydrogen-bond acceptors (Lipinski definition) is 8. The average Bonchev–Trinajstić information content (AvgIpc) is 3.46. The number of methoxy groups -OCH3 is 1. The van der Waals surface area contributed by atoms with E-state index in [1.807, 2.05) is 41.3 Å². The number of nitrogens with zero attached hydrogens (tertiary/aromatic N) is 3. The maximum absolute atomic E-state index is 15.5. The fraction of sp³-hybridized carbons (Fsp3) is 0.294. The summed E-state index contributed by atoms with van der Waals surface area (Å²) in [4.78, 5) is 33.4. The van der Waals surface area contributed by atoms with Crippen molar-refractivity contribution in [2.45, 2.75) is 32.0 Å². The number of ether oxygens (including phenoxy) is 1. The van der Waals surface area contributed by atoms with Crippen LogP contribution in [0.25, 0.3) is 22.4 Å². The molecule has 2 aliphatic heterocycles. The van der Waals surface area contributed by atoms with E-state index in [4.69, 9.17) is 38.0 Å². The Labute approximate surface area is 281 Å². The Morgan fingerprint density at radius 2 is 1.81 bits per heavy atom. The van der Waals surface area contributed by atoms with Gasteiger partial charge in [0.1, 0.15) is 0 Å². The van der Waals surface area contributed by atoms with Crippen LogP contribution in [0, 0.1) is 11.7 Å². The summed E-state index contributed by atoms with van der Waals surface area (Å²) in [5.41, 5.74) is 4.31. The van der Waals surface area contributed by atoms with Gasteiger partial charge in [-0.25, -0.2) is 14.4 Å². The van der Waals surface area contributed by atoms with Crippen molar-refractivity contribution in [1.29, 1.82) is 0 Å². The van der Waals surface area contributed by atoms with Crippen LogP contribution in [0.15, 0.2) is 60.8 Å². The molecule has 10 nitrogen and oxygen atoms in total. The van der Waals surface area contributed by atoms with Gasteiger partial charge in [-0.2, -0.15) is 0 Å². The van der Waals surface area contributed by atoms with Crippen LogP contribution in [0.2, 0.25) is 10.0 Å². The van der Waals surface area contributed by atoms with Crippen LogP contribution in [0.4, 0.5) is 15.9 Å². The molecule has 1 amide bonds. The number of anilines is 2. The summed E-state index contributed by atoms with van der Waals surface area (Å²) in [5, 5.41) is 19.2. The molecule has 6 rings (SSSR count). The maximum atomic E-state index is 15.5. The number of pyridine rings is 2. The Morgan fingerprint density at radius 3 is 2.53 bits per heavy atom. The molecule has 4 heterocycles. The molecular formula is C34H33Cl2FN6O4. The number of benzene rings is 2. The fourth-order valence-corrected chi connectivity index (χ4v) is 6.43. The molecule has 1 atom stereocenters. The molecule has 0 unspecified atom stereocenters. The van der Waals surface area contributed by atoms with Gasteiger partial charge in [0, 0.05) is 79.2 Å². The number of rotatable bonds is 12. The predicted molar refractivity (Wildman–Crippen MR) is 178 cm³/mol. The number of halogens is 3. The van der Waals surface area contributed by atoms with E-state index in [1.54, 1.807) is 25.3 Å². The molecule has 2 saturated heterocycles. The third-order valence-electron chi connectivity index (χ3n) is 8.41. The number of carboxylic acids is 1. The van der Waals surface area contributed by atoms with E-state index < -0.39 is 17.7 Å². The van der Waals surface area contributed by atoms with Gasteiger partial charge >= 0.3 is 5.97 Å². The number of likely N-dealkylation sites (tertiary alicyclic amines) is 1. The standard InChI is InChI=1S/C34H33Cl2FN6O4/c1-47-33-19(14-38-15-22-9-11-28(44)40-22)8-10-26(42-33)25-6-2-4-23(29(25)35)24-5-3-7-27(30(24)36)41-32-31(37)20(12-13-39-32)16-43-17-21(18-43)34(45)46/h2-8,10,12-13,21-22,38H,9,11,14-18H2,1H3,(H,39,41)(H,40,44)(H,45,46)/t22-/m0/s1. The van der Waals surface area contributed by atoms with Gasteiger partial charge in [-0.1, -0.05) is 59.6 Å². The van der Waals surface area contributed by atoms with Crippen molar-refractivity contribution in [3.05, 3.63) is 87.8 Å². The van der Waals surface area contributed by atoms with Gasteiger partial charge in [-0.05, 0) is 24.6 Å². The number of aliphatic carboxylic acids is 1. The summed E-state index contributed by atoms with van der Waals surface area (Å²) in [6.45, 7) is 2.20. The second kappa shape index (κ2) is 14.2. The Morgan fingerprint density at radius 1 is 1.06 bits per heavy atom. The molecule has 4 aromatic rings. The first-order valence-electron chi connectivity index (χ1n) is 15.2. The summed E-state index contributed by atoms with van der Waals surface area (Å²) >= 11 is 13.9. The summed E-state index contributed by atoms with van der Waals surface area (Å²) < 4.78 is 21.1. The van der Waals surface area contributed by atoms with Gasteiger partial charge < -0.3 is 25.8 Å². The minimum absolute atomic E-state index is 0.00979. The van der Waals surface area contributed by atoms with Crippen LogP contribution in [-0.4, -0.2) is 64.6 Å². The third kappa shape index (κ3) is 7.18. The average molecular weight is 680 g/mol. The van der Waals surface area contributed by atoms with Crippen molar-refractivity contribution in [2.24, 2.45) is 5.92 Å². The Balaban J connectivity index is 1.20. The molecule has 0 radical (unpaired) electrons. The van der Waals surface area contributed by atoms with E-state index in [-0.39, 0.29) is 24.3 Å². The Kier molecular flexibility index (Phi) is 9.88. The zero-order chi connectivity index (χ0) is 33.1. The molecule has 4 N–H and O–H groups in total. The first kappa shape index (κ1) is 32.6. The lowest BCUT2D eigenvalue weighted by Gasteiger charge is -2.36. The van der Waals surface area contributed by atoms with Gasteiger partial charge in [0.2, 0.25) is 11.8 Å². The first-order chi connectivity index (χ1) is 22.7. The van der Waals surface area contributed by atoms with Crippen LogP contribution in [0.5, 0.6) is 5.88 Å². The van der Waals surface area contributed by atoms with E-state index in [0.29, 0.717) is 82.2 Å². The zero-order valence-electron chi connectivity index (χ0n) is 25.5. The van der Waals surface area contributed by atoms with Crippen molar-refractivity contribution in [2.75, 3.05) is 32.1 Å². The monoisotopic (exact) mass is 678 g/mol. The quantitative estimate of drug-likeness (QED) is 0.145. The molecular weight excluding hydrogens is 646 g/mol. The maximum Gasteiger partial charge on any atom is 0.309 e. The van der Waals surface area contributed by atoms with Crippen LogP contribution in [-0.2, 0) is 22.7 Å². The number of hydrogen-bond donors (Lipinski definition) is 4. The minimum atomic E-state index is -0.843. The summed E-state index contributed by atoms with van der Waals surface area (Å²) in [5.74, 6) is -1.25. The number of amides is 1. The zero-order valence-corrected chi connectivity index (χ0v) is 27.0. The lowest BCUT2D eigenvalue weighted by Crippen LogP contribution is -2.49. The van der Waals surface area contributed by atoms with Crippen LogP contribution in [0.3, 0.4) is 0 Å². The van der Waals surface area contributed by atoms with Gasteiger partial charge in [-0.15, -0.1) is 0 Å². The Hall–Kier alpha value is -4.29. The predicted octanol–water partition coefficient (Wildman–Crippen LogP) is 5.89. The highest BCUT2D eigenvalue weighted by atomic mass is 35.5. The van der Waals surface area contributed by atoms with E-state index in [1.165, 1.54) is 6.20 Å². The second-order valence-corrected chi connectivity index (χ2v) is 12.4. The summed E-state index contributed by atoms with van der Waals surface area (Å²) in [6, 6.07) is 16.4. The molecule has 13 heteroatoms. The summed E-state index contributed by atoms with van der Waals surface area (Å²) in [7, 11) is 1.57. The lowest BCUT2D eigenvalue weighted by atomic mass is 9.99. The van der Waals surface area contributed by atoms with E-state index in [2.05, 4.69) is 20.9 Å². The first-order valence-corrected chi connectivity index (χ1v) is 15.9. The highest BCUT2D eigenvalue weighted by Gasteiger charge is 2.33. The fourth-order valence-electron chi connectivity index (χ4n) is 5.83.